The fraction of sp³-hybridized carbons (Fsp3) is 0.273. The zero-order valence-corrected chi connectivity index (χ0v) is 15.6. The topological polar surface area (TPSA) is 49.4 Å². The zero-order chi connectivity index (χ0) is 20.9. The lowest BCUT2D eigenvalue weighted by Crippen LogP contribution is -2.24. The summed E-state index contributed by atoms with van der Waals surface area (Å²) in [5, 5.41) is 2.61. The lowest BCUT2D eigenvalue weighted by Gasteiger charge is -2.15. The maximum Gasteiger partial charge on any atom is 0.416 e. The summed E-state index contributed by atoms with van der Waals surface area (Å²) in [5.74, 6) is 5.09. The first-order chi connectivity index (χ1) is 13.8. The van der Waals surface area contributed by atoms with E-state index < -0.39 is 11.7 Å². The number of alkyl halides is 3. The second-order valence-electron chi connectivity index (χ2n) is 6.68. The number of carbonyl (C=O) groups excluding carboxylic acids is 2. The number of likely N-dealkylation sites (tertiary alicyclic amines) is 1. The highest BCUT2D eigenvalue weighted by molar-refractivity contribution is 5.94. The molecule has 1 heterocycles. The number of nitrogens with zero attached hydrogens (tertiary/aromatic N) is 1. The van der Waals surface area contributed by atoms with Crippen molar-refractivity contribution in [3.63, 3.8) is 0 Å². The molecule has 1 aliphatic heterocycles. The van der Waals surface area contributed by atoms with Crippen molar-refractivity contribution in [2.24, 2.45) is 0 Å². The number of rotatable bonds is 4. The summed E-state index contributed by atoms with van der Waals surface area (Å²) < 4.78 is 38.1. The Labute approximate surface area is 166 Å². The number of halogens is 3. The van der Waals surface area contributed by atoms with Gasteiger partial charge in [0.15, 0.2) is 0 Å². The molecule has 150 valence electrons. The van der Waals surface area contributed by atoms with E-state index in [2.05, 4.69) is 17.2 Å². The van der Waals surface area contributed by atoms with Gasteiger partial charge in [0.05, 0.1) is 12.1 Å². The van der Waals surface area contributed by atoms with Crippen LogP contribution in [0.1, 0.15) is 39.9 Å². The van der Waals surface area contributed by atoms with Crippen LogP contribution in [-0.4, -0.2) is 29.8 Å². The Balaban J connectivity index is 1.52. The van der Waals surface area contributed by atoms with E-state index >= 15 is 0 Å². The molecule has 1 N–H and O–H groups in total. The molecule has 0 unspecified atom stereocenters. The fourth-order valence-electron chi connectivity index (χ4n) is 3.00. The number of nitrogens with one attached hydrogen (secondary N) is 1. The van der Waals surface area contributed by atoms with E-state index in [-0.39, 0.29) is 23.9 Å². The highest BCUT2D eigenvalue weighted by Crippen LogP contribution is 2.29. The first-order valence-electron chi connectivity index (χ1n) is 9.14. The molecule has 29 heavy (non-hydrogen) atoms. The molecule has 0 saturated carbocycles. The van der Waals surface area contributed by atoms with E-state index in [1.54, 1.807) is 29.2 Å². The number of carbonyl (C=O) groups is 2. The van der Waals surface area contributed by atoms with Gasteiger partial charge in [-0.3, -0.25) is 9.59 Å². The standard InChI is InChI=1S/C22H19F3N2O2/c23-22(24,25)19-6-1-4-16(14-19)5-2-12-26-21(29)18-10-8-17(9-11-18)15-27-13-3-7-20(27)28/h1,4,6,8-11,14H,3,7,12-13,15H2,(H,26,29). The van der Waals surface area contributed by atoms with Gasteiger partial charge < -0.3 is 10.2 Å². The third-order valence-electron chi connectivity index (χ3n) is 4.52. The van der Waals surface area contributed by atoms with Crippen molar-refractivity contribution in [1.82, 2.24) is 10.2 Å². The van der Waals surface area contributed by atoms with Gasteiger partial charge >= 0.3 is 6.18 Å². The highest BCUT2D eigenvalue weighted by atomic mass is 19.4. The molecule has 1 saturated heterocycles. The van der Waals surface area contributed by atoms with Gasteiger partial charge in [0.2, 0.25) is 5.91 Å². The van der Waals surface area contributed by atoms with Gasteiger partial charge in [0.25, 0.3) is 5.91 Å². The molecule has 2 amide bonds. The molecule has 0 aromatic heterocycles. The molecule has 0 bridgehead atoms. The summed E-state index contributed by atoms with van der Waals surface area (Å²) in [6.07, 6.45) is -2.96. The average Bonchev–Trinajstić information content (AvgIpc) is 3.10. The highest BCUT2D eigenvalue weighted by Gasteiger charge is 2.30. The van der Waals surface area contributed by atoms with Crippen molar-refractivity contribution in [3.05, 3.63) is 70.8 Å². The second kappa shape index (κ2) is 8.82. The van der Waals surface area contributed by atoms with E-state index in [9.17, 15) is 22.8 Å². The maximum absolute atomic E-state index is 12.7. The monoisotopic (exact) mass is 400 g/mol. The van der Waals surface area contributed by atoms with Gasteiger partial charge in [0, 0.05) is 30.6 Å². The lowest BCUT2D eigenvalue weighted by atomic mass is 10.1. The maximum atomic E-state index is 12.7. The molecule has 1 fully saturated rings. The first-order valence-corrected chi connectivity index (χ1v) is 9.14. The number of hydrogen-bond donors (Lipinski definition) is 1. The number of hydrogen-bond acceptors (Lipinski definition) is 2. The molecule has 2 aromatic carbocycles. The van der Waals surface area contributed by atoms with Crippen LogP contribution in [0.15, 0.2) is 48.5 Å². The average molecular weight is 400 g/mol. The molecule has 0 spiro atoms. The van der Waals surface area contributed by atoms with Gasteiger partial charge in [0.1, 0.15) is 0 Å². The Kier molecular flexibility index (Phi) is 6.23. The van der Waals surface area contributed by atoms with Gasteiger partial charge in [-0.15, -0.1) is 0 Å². The van der Waals surface area contributed by atoms with Crippen molar-refractivity contribution in [2.75, 3.05) is 13.1 Å². The fourth-order valence-corrected chi connectivity index (χ4v) is 3.00. The van der Waals surface area contributed by atoms with Crippen LogP contribution in [0.4, 0.5) is 13.2 Å². The minimum absolute atomic E-state index is 0.0130. The summed E-state index contributed by atoms with van der Waals surface area (Å²) in [6, 6.07) is 11.7. The molecular weight excluding hydrogens is 381 g/mol. The van der Waals surface area contributed by atoms with Crippen LogP contribution in [0.3, 0.4) is 0 Å². The van der Waals surface area contributed by atoms with Crippen LogP contribution in [0.2, 0.25) is 0 Å². The van der Waals surface area contributed by atoms with Gasteiger partial charge in [-0.1, -0.05) is 30.0 Å². The molecule has 7 heteroatoms. The zero-order valence-electron chi connectivity index (χ0n) is 15.6. The van der Waals surface area contributed by atoms with Crippen LogP contribution in [0.25, 0.3) is 0 Å². The van der Waals surface area contributed by atoms with Crippen molar-refractivity contribution in [3.8, 4) is 11.8 Å². The minimum Gasteiger partial charge on any atom is -0.341 e. The molecular formula is C22H19F3N2O2. The van der Waals surface area contributed by atoms with Crippen molar-refractivity contribution < 1.29 is 22.8 Å². The third-order valence-corrected chi connectivity index (χ3v) is 4.52. The summed E-state index contributed by atoms with van der Waals surface area (Å²) >= 11 is 0. The van der Waals surface area contributed by atoms with E-state index in [4.69, 9.17) is 0 Å². The van der Waals surface area contributed by atoms with E-state index in [0.717, 1.165) is 30.7 Å². The minimum atomic E-state index is -4.42. The van der Waals surface area contributed by atoms with E-state index in [0.29, 0.717) is 18.5 Å². The molecule has 0 radical (unpaired) electrons. The quantitative estimate of drug-likeness (QED) is 0.798. The van der Waals surface area contributed by atoms with Crippen molar-refractivity contribution in [2.45, 2.75) is 25.6 Å². The number of amides is 2. The summed E-state index contributed by atoms with van der Waals surface area (Å²) in [5.41, 5.74) is 0.863. The van der Waals surface area contributed by atoms with Gasteiger partial charge in [-0.2, -0.15) is 13.2 Å². The smallest absolute Gasteiger partial charge is 0.341 e. The molecule has 0 atom stereocenters. The normalized spacial score (nSPS) is 13.8. The Bertz CT molecular complexity index is 957. The van der Waals surface area contributed by atoms with Crippen LogP contribution < -0.4 is 5.32 Å². The second-order valence-corrected chi connectivity index (χ2v) is 6.68. The molecule has 0 aliphatic carbocycles. The Morgan fingerprint density at radius 1 is 1.14 bits per heavy atom. The molecule has 3 rings (SSSR count). The van der Waals surface area contributed by atoms with Gasteiger partial charge in [-0.25, -0.2) is 0 Å². The van der Waals surface area contributed by atoms with Crippen LogP contribution in [0, 0.1) is 11.8 Å². The first kappa shape index (κ1) is 20.5. The molecule has 2 aromatic rings. The summed E-state index contributed by atoms with van der Waals surface area (Å²) in [4.78, 5) is 25.6. The lowest BCUT2D eigenvalue weighted by molar-refractivity contribution is -0.137. The van der Waals surface area contributed by atoms with Gasteiger partial charge in [-0.05, 0) is 42.3 Å². The van der Waals surface area contributed by atoms with Crippen LogP contribution in [0.5, 0.6) is 0 Å². The van der Waals surface area contributed by atoms with Crippen LogP contribution >= 0.6 is 0 Å². The van der Waals surface area contributed by atoms with E-state index in [1.807, 2.05) is 0 Å². The number of benzene rings is 2. The SMILES string of the molecule is O=C(NCC#Cc1cccc(C(F)(F)F)c1)c1ccc(CN2CCCC2=O)cc1. The van der Waals surface area contributed by atoms with Crippen LogP contribution in [-0.2, 0) is 17.5 Å². The summed E-state index contributed by atoms with van der Waals surface area (Å²) in [6.45, 7) is 1.30. The Morgan fingerprint density at radius 3 is 2.55 bits per heavy atom. The van der Waals surface area contributed by atoms with Crippen molar-refractivity contribution in [1.29, 1.82) is 0 Å². The molecule has 1 aliphatic rings. The predicted molar refractivity (Wildman–Crippen MR) is 102 cm³/mol. The summed E-state index contributed by atoms with van der Waals surface area (Å²) in [7, 11) is 0. The largest absolute Gasteiger partial charge is 0.416 e. The molecule has 4 nitrogen and oxygen atoms in total. The van der Waals surface area contributed by atoms with Crippen molar-refractivity contribution >= 4 is 11.8 Å². The third kappa shape index (κ3) is 5.61. The van der Waals surface area contributed by atoms with E-state index in [1.165, 1.54) is 12.1 Å². The predicted octanol–water partition coefficient (Wildman–Crippen LogP) is 3.61. The Morgan fingerprint density at radius 2 is 1.90 bits per heavy atom. The Hall–Kier alpha value is -3.27.